The Morgan fingerprint density at radius 2 is 2.33 bits per heavy atom. The highest BCUT2D eigenvalue weighted by molar-refractivity contribution is 4.76. The van der Waals surface area contributed by atoms with Gasteiger partial charge in [0, 0.05) is 13.2 Å². The summed E-state index contributed by atoms with van der Waals surface area (Å²) in [4.78, 5) is 0. The minimum atomic E-state index is -0.0614. The Morgan fingerprint density at radius 1 is 1.53 bits per heavy atom. The Balaban J connectivity index is 2.38. The molecule has 0 saturated carbocycles. The van der Waals surface area contributed by atoms with E-state index >= 15 is 0 Å². The molecule has 0 aromatic rings. The van der Waals surface area contributed by atoms with Crippen molar-refractivity contribution in [1.82, 2.24) is 0 Å². The van der Waals surface area contributed by atoms with Crippen LogP contribution in [-0.2, 0) is 14.2 Å². The Kier molecular flexibility index (Phi) is 5.62. The van der Waals surface area contributed by atoms with E-state index in [1.165, 1.54) is 0 Å². The van der Waals surface area contributed by atoms with E-state index in [0.717, 1.165) is 13.0 Å². The number of nitrogens with zero attached hydrogens (tertiary/aromatic N) is 1. The van der Waals surface area contributed by atoms with Crippen molar-refractivity contribution in [3.63, 3.8) is 0 Å². The van der Waals surface area contributed by atoms with Crippen molar-refractivity contribution >= 4 is 0 Å². The van der Waals surface area contributed by atoms with Gasteiger partial charge in [0.05, 0.1) is 31.3 Å². The summed E-state index contributed by atoms with van der Waals surface area (Å²) in [6, 6.07) is 2.09. The van der Waals surface area contributed by atoms with Crippen LogP contribution in [0.25, 0.3) is 0 Å². The predicted molar refractivity (Wildman–Crippen MR) is 55.4 cm³/mol. The van der Waals surface area contributed by atoms with E-state index in [2.05, 4.69) is 6.07 Å². The van der Waals surface area contributed by atoms with Gasteiger partial charge in [0.2, 0.25) is 0 Å². The van der Waals surface area contributed by atoms with Crippen LogP contribution in [0.3, 0.4) is 0 Å². The molecule has 1 heterocycles. The highest BCUT2D eigenvalue weighted by Crippen LogP contribution is 2.12. The maximum atomic E-state index is 8.54. The van der Waals surface area contributed by atoms with Crippen molar-refractivity contribution in [2.45, 2.75) is 45.0 Å². The van der Waals surface area contributed by atoms with E-state index in [0.29, 0.717) is 19.6 Å². The van der Waals surface area contributed by atoms with Crippen molar-refractivity contribution < 1.29 is 14.2 Å². The first-order valence-electron chi connectivity index (χ1n) is 5.45. The lowest BCUT2D eigenvalue weighted by molar-refractivity contribution is -0.134. The summed E-state index contributed by atoms with van der Waals surface area (Å²) in [5.74, 6) is 0. The molecule has 3 atom stereocenters. The van der Waals surface area contributed by atoms with Gasteiger partial charge in [0.15, 0.2) is 0 Å². The number of rotatable bonds is 3. The zero-order chi connectivity index (χ0) is 11.1. The first-order valence-corrected chi connectivity index (χ1v) is 5.45. The first kappa shape index (κ1) is 12.4. The van der Waals surface area contributed by atoms with E-state index in [4.69, 9.17) is 19.5 Å². The van der Waals surface area contributed by atoms with Gasteiger partial charge in [0.1, 0.15) is 6.10 Å². The molecule has 0 N–H and O–H groups in total. The van der Waals surface area contributed by atoms with Crippen LogP contribution >= 0.6 is 0 Å². The van der Waals surface area contributed by atoms with Gasteiger partial charge in [-0.25, -0.2) is 0 Å². The van der Waals surface area contributed by atoms with Crippen LogP contribution < -0.4 is 0 Å². The average molecular weight is 213 g/mol. The molecule has 0 radical (unpaired) electrons. The quantitative estimate of drug-likeness (QED) is 0.713. The summed E-state index contributed by atoms with van der Waals surface area (Å²) in [6.45, 7) is 5.87. The van der Waals surface area contributed by atoms with Crippen LogP contribution in [-0.4, -0.2) is 38.1 Å². The molecule has 3 unspecified atom stereocenters. The van der Waals surface area contributed by atoms with E-state index in [1.54, 1.807) is 0 Å². The molecular formula is C11H19NO3. The van der Waals surface area contributed by atoms with Gasteiger partial charge < -0.3 is 14.2 Å². The Labute approximate surface area is 91.1 Å². The van der Waals surface area contributed by atoms with Crippen LogP contribution in [0.5, 0.6) is 0 Å². The van der Waals surface area contributed by atoms with Gasteiger partial charge in [-0.2, -0.15) is 5.26 Å². The molecule has 1 aliphatic rings. The van der Waals surface area contributed by atoms with Crippen molar-refractivity contribution in [2.24, 2.45) is 0 Å². The summed E-state index contributed by atoms with van der Waals surface area (Å²) in [6.07, 6.45) is 1.25. The fourth-order valence-corrected chi connectivity index (χ4v) is 1.50. The fourth-order valence-electron chi connectivity index (χ4n) is 1.50. The van der Waals surface area contributed by atoms with E-state index in [1.807, 2.05) is 13.8 Å². The molecule has 0 amide bonds. The zero-order valence-corrected chi connectivity index (χ0v) is 9.44. The van der Waals surface area contributed by atoms with Crippen LogP contribution in [0.15, 0.2) is 0 Å². The molecule has 4 heteroatoms. The standard InChI is InChI=1S/C11H19NO3/c1-9(4-5-12)15-11-8-13-6-3-7-14-10(11)2/h9-11H,3-4,6-8H2,1-2H3. The lowest BCUT2D eigenvalue weighted by atomic mass is 10.2. The number of hydrogen-bond acceptors (Lipinski definition) is 4. The molecule has 0 aromatic carbocycles. The average Bonchev–Trinajstić information content (AvgIpc) is 2.18. The Morgan fingerprint density at radius 3 is 3.07 bits per heavy atom. The van der Waals surface area contributed by atoms with Crippen LogP contribution in [0.4, 0.5) is 0 Å². The number of hydrogen-bond donors (Lipinski definition) is 0. The highest BCUT2D eigenvalue weighted by Gasteiger charge is 2.22. The first-order chi connectivity index (χ1) is 7.24. The molecule has 86 valence electrons. The summed E-state index contributed by atoms with van der Waals surface area (Å²) < 4.78 is 16.7. The number of ether oxygens (including phenoxy) is 3. The van der Waals surface area contributed by atoms with E-state index < -0.39 is 0 Å². The molecule has 4 nitrogen and oxygen atoms in total. The Hall–Kier alpha value is -0.630. The third-order valence-electron chi connectivity index (χ3n) is 2.41. The molecule has 0 bridgehead atoms. The third-order valence-corrected chi connectivity index (χ3v) is 2.41. The van der Waals surface area contributed by atoms with E-state index in [-0.39, 0.29) is 18.3 Å². The van der Waals surface area contributed by atoms with Crippen molar-refractivity contribution in [3.8, 4) is 6.07 Å². The highest BCUT2D eigenvalue weighted by atomic mass is 16.6. The van der Waals surface area contributed by atoms with Gasteiger partial charge in [-0.1, -0.05) is 0 Å². The molecule has 0 aromatic heterocycles. The normalized spacial score (nSPS) is 29.9. The molecule has 1 rings (SSSR count). The van der Waals surface area contributed by atoms with Gasteiger partial charge in [-0.3, -0.25) is 0 Å². The monoisotopic (exact) mass is 213 g/mol. The fraction of sp³-hybridized carbons (Fsp3) is 0.909. The lowest BCUT2D eigenvalue weighted by Crippen LogP contribution is -2.38. The van der Waals surface area contributed by atoms with Crippen molar-refractivity contribution in [2.75, 3.05) is 19.8 Å². The minimum Gasteiger partial charge on any atom is -0.379 e. The molecular weight excluding hydrogens is 194 g/mol. The SMILES string of the molecule is CC(CC#N)OC1COCCCOC1C. The summed E-state index contributed by atoms with van der Waals surface area (Å²) in [5.41, 5.74) is 0. The molecule has 15 heavy (non-hydrogen) atoms. The van der Waals surface area contributed by atoms with E-state index in [9.17, 15) is 0 Å². The molecule has 1 aliphatic heterocycles. The maximum absolute atomic E-state index is 8.54. The van der Waals surface area contributed by atoms with Crippen LogP contribution in [0.1, 0.15) is 26.7 Å². The van der Waals surface area contributed by atoms with Gasteiger partial charge in [-0.05, 0) is 20.3 Å². The largest absolute Gasteiger partial charge is 0.379 e. The minimum absolute atomic E-state index is 0.0337. The van der Waals surface area contributed by atoms with Gasteiger partial charge >= 0.3 is 0 Å². The molecule has 0 spiro atoms. The summed E-state index contributed by atoms with van der Waals surface area (Å²) in [7, 11) is 0. The van der Waals surface area contributed by atoms with Crippen molar-refractivity contribution in [3.05, 3.63) is 0 Å². The number of nitriles is 1. The maximum Gasteiger partial charge on any atom is 0.107 e. The van der Waals surface area contributed by atoms with Gasteiger partial charge in [-0.15, -0.1) is 0 Å². The summed E-state index contributed by atoms with van der Waals surface area (Å²) >= 11 is 0. The molecule has 1 saturated heterocycles. The second-order valence-electron chi connectivity index (χ2n) is 3.85. The summed E-state index contributed by atoms with van der Waals surface area (Å²) in [5, 5.41) is 8.54. The lowest BCUT2D eigenvalue weighted by Gasteiger charge is -2.28. The Bertz CT molecular complexity index is 214. The van der Waals surface area contributed by atoms with Crippen LogP contribution in [0, 0.1) is 11.3 Å². The molecule has 0 aliphatic carbocycles. The third kappa shape index (κ3) is 4.61. The van der Waals surface area contributed by atoms with Crippen molar-refractivity contribution in [1.29, 1.82) is 5.26 Å². The topological polar surface area (TPSA) is 51.5 Å². The van der Waals surface area contributed by atoms with Crippen LogP contribution in [0.2, 0.25) is 0 Å². The predicted octanol–water partition coefficient (Wildman–Crippen LogP) is 1.50. The molecule has 1 fully saturated rings. The second-order valence-corrected chi connectivity index (χ2v) is 3.85. The van der Waals surface area contributed by atoms with Gasteiger partial charge in [0.25, 0.3) is 0 Å². The second kappa shape index (κ2) is 6.78. The zero-order valence-electron chi connectivity index (χ0n) is 9.44. The smallest absolute Gasteiger partial charge is 0.107 e.